The third-order valence-corrected chi connectivity index (χ3v) is 3.26. The van der Waals surface area contributed by atoms with Crippen molar-refractivity contribution in [2.24, 2.45) is 0 Å². The molecule has 0 N–H and O–H groups in total. The van der Waals surface area contributed by atoms with Gasteiger partial charge in [0.05, 0.1) is 18.8 Å². The van der Waals surface area contributed by atoms with Crippen molar-refractivity contribution in [3.63, 3.8) is 0 Å². The highest BCUT2D eigenvalue weighted by Gasteiger charge is 2.20. The van der Waals surface area contributed by atoms with Crippen molar-refractivity contribution in [2.75, 3.05) is 0 Å². The van der Waals surface area contributed by atoms with E-state index in [1.54, 1.807) is 6.20 Å². The summed E-state index contributed by atoms with van der Waals surface area (Å²) in [5.41, 5.74) is 2.27. The van der Waals surface area contributed by atoms with Gasteiger partial charge >= 0.3 is 0 Å². The van der Waals surface area contributed by atoms with E-state index in [4.69, 9.17) is 0 Å². The van der Waals surface area contributed by atoms with Crippen LogP contribution in [-0.2, 0) is 24.4 Å². The van der Waals surface area contributed by atoms with Crippen LogP contribution in [0.5, 0.6) is 0 Å². The fraction of sp³-hybridized carbons (Fsp3) is 0.286. The first kappa shape index (κ1) is 11.0. The molecule has 0 spiro atoms. The lowest BCUT2D eigenvalue weighted by Gasteiger charge is -2.20. The Balaban J connectivity index is 1.81. The van der Waals surface area contributed by atoms with Gasteiger partial charge in [-0.2, -0.15) is 5.10 Å². The molecule has 1 aliphatic rings. The Morgan fingerprint density at radius 1 is 1.17 bits per heavy atom. The molecule has 3 rings (SSSR count). The smallest absolute Gasteiger partial charge is 0.225 e. The first-order valence-electron chi connectivity index (χ1n) is 6.15. The monoisotopic (exact) mass is 241 g/mol. The molecule has 92 valence electrons. The number of amides is 1. The van der Waals surface area contributed by atoms with Crippen molar-refractivity contribution in [1.82, 2.24) is 14.7 Å². The van der Waals surface area contributed by atoms with Crippen LogP contribution < -0.4 is 0 Å². The summed E-state index contributed by atoms with van der Waals surface area (Å²) in [4.78, 5) is 14.0. The molecular weight excluding hydrogens is 226 g/mol. The minimum atomic E-state index is 0.198. The Kier molecular flexibility index (Phi) is 2.84. The molecular formula is C14H15N3O. The summed E-state index contributed by atoms with van der Waals surface area (Å²) in [5.74, 6) is 0.198. The number of carbonyl (C=O) groups is 1. The molecule has 1 aromatic carbocycles. The summed E-state index contributed by atoms with van der Waals surface area (Å²) >= 11 is 0. The molecule has 1 aliphatic heterocycles. The van der Waals surface area contributed by atoms with Crippen LogP contribution in [0.15, 0.2) is 42.6 Å². The van der Waals surface area contributed by atoms with Gasteiger partial charge in [0.15, 0.2) is 0 Å². The summed E-state index contributed by atoms with van der Waals surface area (Å²) in [6.45, 7) is 2.00. The van der Waals surface area contributed by atoms with Crippen LogP contribution in [0.2, 0.25) is 0 Å². The van der Waals surface area contributed by atoms with E-state index >= 15 is 0 Å². The van der Waals surface area contributed by atoms with Gasteiger partial charge in [-0.1, -0.05) is 30.3 Å². The van der Waals surface area contributed by atoms with E-state index in [1.807, 2.05) is 33.8 Å². The molecule has 4 nitrogen and oxygen atoms in total. The molecule has 0 saturated carbocycles. The summed E-state index contributed by atoms with van der Waals surface area (Å²) in [5, 5.41) is 4.23. The summed E-state index contributed by atoms with van der Waals surface area (Å²) in [6, 6.07) is 12.1. The Morgan fingerprint density at radius 3 is 2.83 bits per heavy atom. The summed E-state index contributed by atoms with van der Waals surface area (Å²) in [6.07, 6.45) is 2.33. The van der Waals surface area contributed by atoms with Gasteiger partial charge in [0.1, 0.15) is 0 Å². The highest BCUT2D eigenvalue weighted by atomic mass is 16.2. The predicted molar refractivity (Wildman–Crippen MR) is 67.5 cm³/mol. The fourth-order valence-electron chi connectivity index (χ4n) is 2.29. The van der Waals surface area contributed by atoms with Crippen molar-refractivity contribution in [1.29, 1.82) is 0 Å². The maximum absolute atomic E-state index is 12.1. The lowest BCUT2D eigenvalue weighted by Crippen LogP contribution is -2.28. The zero-order chi connectivity index (χ0) is 12.4. The lowest BCUT2D eigenvalue weighted by atomic mass is 10.2. The number of hydrogen-bond acceptors (Lipinski definition) is 2. The lowest BCUT2D eigenvalue weighted by molar-refractivity contribution is -0.132. The zero-order valence-electron chi connectivity index (χ0n) is 10.1. The number of benzene rings is 1. The standard InChI is InChI=1S/C14H15N3O/c18-14-7-9-17-13(6-8-15-17)11-16(14)10-12-4-2-1-3-5-12/h1-6,8H,7,9-11H2. The summed E-state index contributed by atoms with van der Waals surface area (Å²) < 4.78 is 1.92. The van der Waals surface area contributed by atoms with E-state index in [0.717, 1.165) is 5.69 Å². The van der Waals surface area contributed by atoms with Crippen LogP contribution >= 0.6 is 0 Å². The molecule has 0 fully saturated rings. The number of nitrogens with zero attached hydrogens (tertiary/aromatic N) is 3. The maximum atomic E-state index is 12.1. The second kappa shape index (κ2) is 4.64. The van der Waals surface area contributed by atoms with Gasteiger partial charge in [0.2, 0.25) is 5.91 Å². The molecule has 0 bridgehead atoms. The van der Waals surface area contributed by atoms with Gasteiger partial charge in [-0.05, 0) is 11.6 Å². The number of hydrogen-bond donors (Lipinski definition) is 0. The van der Waals surface area contributed by atoms with Crippen molar-refractivity contribution >= 4 is 5.91 Å². The molecule has 18 heavy (non-hydrogen) atoms. The number of fused-ring (bicyclic) bond motifs is 1. The highest BCUT2D eigenvalue weighted by molar-refractivity contribution is 5.76. The minimum absolute atomic E-state index is 0.198. The van der Waals surface area contributed by atoms with Crippen LogP contribution in [0.1, 0.15) is 17.7 Å². The number of rotatable bonds is 2. The van der Waals surface area contributed by atoms with E-state index in [9.17, 15) is 4.79 Å². The van der Waals surface area contributed by atoms with Gasteiger partial charge in [0, 0.05) is 19.2 Å². The van der Waals surface area contributed by atoms with Crippen LogP contribution in [-0.4, -0.2) is 20.6 Å². The van der Waals surface area contributed by atoms with Gasteiger partial charge in [-0.3, -0.25) is 9.48 Å². The van der Waals surface area contributed by atoms with Crippen LogP contribution in [0, 0.1) is 0 Å². The fourth-order valence-corrected chi connectivity index (χ4v) is 2.29. The molecule has 1 aromatic heterocycles. The number of carbonyl (C=O) groups excluding carboxylic acids is 1. The van der Waals surface area contributed by atoms with Crippen LogP contribution in [0.25, 0.3) is 0 Å². The average molecular weight is 241 g/mol. The van der Waals surface area contributed by atoms with Gasteiger partial charge in [-0.25, -0.2) is 0 Å². The average Bonchev–Trinajstić information content (AvgIpc) is 2.78. The first-order valence-corrected chi connectivity index (χ1v) is 6.15. The van der Waals surface area contributed by atoms with Crippen molar-refractivity contribution in [2.45, 2.75) is 26.1 Å². The van der Waals surface area contributed by atoms with E-state index in [1.165, 1.54) is 5.56 Å². The highest BCUT2D eigenvalue weighted by Crippen LogP contribution is 2.15. The molecule has 4 heteroatoms. The molecule has 2 heterocycles. The molecule has 0 radical (unpaired) electrons. The molecule has 0 atom stereocenters. The SMILES string of the molecule is O=C1CCn2nccc2CN1Cc1ccccc1. The maximum Gasteiger partial charge on any atom is 0.225 e. The third kappa shape index (κ3) is 2.14. The Bertz CT molecular complexity index is 547. The molecule has 0 saturated heterocycles. The summed E-state index contributed by atoms with van der Waals surface area (Å²) in [7, 11) is 0. The van der Waals surface area contributed by atoms with E-state index in [-0.39, 0.29) is 5.91 Å². The number of aryl methyl sites for hydroxylation is 1. The molecule has 0 unspecified atom stereocenters. The van der Waals surface area contributed by atoms with Crippen LogP contribution in [0.4, 0.5) is 0 Å². The van der Waals surface area contributed by atoms with Gasteiger partial charge in [-0.15, -0.1) is 0 Å². The first-order chi connectivity index (χ1) is 8.83. The Hall–Kier alpha value is -2.10. The third-order valence-electron chi connectivity index (χ3n) is 3.26. The predicted octanol–water partition coefficient (Wildman–Crippen LogP) is 1.82. The van der Waals surface area contributed by atoms with E-state index in [0.29, 0.717) is 26.1 Å². The quantitative estimate of drug-likeness (QED) is 0.804. The van der Waals surface area contributed by atoms with Crippen LogP contribution in [0.3, 0.4) is 0 Å². The second-order valence-electron chi connectivity index (χ2n) is 4.53. The molecule has 0 aliphatic carbocycles. The minimum Gasteiger partial charge on any atom is -0.332 e. The van der Waals surface area contributed by atoms with Gasteiger partial charge in [0.25, 0.3) is 0 Å². The zero-order valence-corrected chi connectivity index (χ0v) is 10.1. The van der Waals surface area contributed by atoms with E-state index in [2.05, 4.69) is 17.2 Å². The van der Waals surface area contributed by atoms with Crippen molar-refractivity contribution in [3.05, 3.63) is 53.9 Å². The Labute approximate surface area is 106 Å². The van der Waals surface area contributed by atoms with Crippen molar-refractivity contribution in [3.8, 4) is 0 Å². The largest absolute Gasteiger partial charge is 0.332 e. The number of aromatic nitrogens is 2. The normalized spacial score (nSPS) is 15.3. The van der Waals surface area contributed by atoms with Gasteiger partial charge < -0.3 is 4.90 Å². The second-order valence-corrected chi connectivity index (χ2v) is 4.53. The molecule has 2 aromatic rings. The molecule has 1 amide bonds. The van der Waals surface area contributed by atoms with E-state index < -0.39 is 0 Å². The topological polar surface area (TPSA) is 38.1 Å². The van der Waals surface area contributed by atoms with Crippen molar-refractivity contribution < 1.29 is 4.79 Å². The Morgan fingerprint density at radius 2 is 2.00 bits per heavy atom.